The van der Waals surface area contributed by atoms with Crippen LogP contribution >= 0.6 is 0 Å². The summed E-state index contributed by atoms with van der Waals surface area (Å²) in [5.41, 5.74) is 8.36. The summed E-state index contributed by atoms with van der Waals surface area (Å²) in [5, 5.41) is 7.69. The number of nitrogen functional groups attached to an aromatic ring is 1. The molecule has 0 aliphatic heterocycles. The van der Waals surface area contributed by atoms with Gasteiger partial charge < -0.3 is 10.2 Å². The van der Waals surface area contributed by atoms with Crippen LogP contribution in [0.5, 0.6) is 0 Å². The molecule has 0 saturated carbocycles. The quantitative estimate of drug-likeness (QED) is 0.696. The Balaban J connectivity index is 2.51. The van der Waals surface area contributed by atoms with E-state index in [0.29, 0.717) is 17.5 Å². The fraction of sp³-hybridized carbons (Fsp3) is 0.200. The number of hydrogen-bond acceptors (Lipinski definition) is 4. The van der Waals surface area contributed by atoms with E-state index in [1.54, 1.807) is 6.92 Å². The predicted molar refractivity (Wildman–Crippen MR) is 53.6 cm³/mol. The molecule has 0 spiro atoms. The molecule has 0 saturated heterocycles. The largest absolute Gasteiger partial charge is 0.421 e. The third-order valence-electron chi connectivity index (χ3n) is 1.87. The van der Waals surface area contributed by atoms with Crippen LogP contribution in [0.1, 0.15) is 11.5 Å². The topological polar surface area (TPSA) is 64.9 Å². The number of nitrogens with zero attached hydrogens (tertiary/aromatic N) is 2. The van der Waals surface area contributed by atoms with E-state index in [1.807, 2.05) is 25.1 Å². The Morgan fingerprint density at radius 2 is 1.93 bits per heavy atom. The Hall–Kier alpha value is -1.84. The van der Waals surface area contributed by atoms with Crippen molar-refractivity contribution in [2.24, 2.45) is 0 Å². The zero-order valence-corrected chi connectivity index (χ0v) is 8.11. The number of nitrogens with two attached hydrogens (primary N) is 1. The fourth-order valence-electron chi connectivity index (χ4n) is 1.35. The van der Waals surface area contributed by atoms with Gasteiger partial charge in [0.05, 0.1) is 0 Å². The van der Waals surface area contributed by atoms with Gasteiger partial charge in [0.15, 0.2) is 0 Å². The second-order valence-corrected chi connectivity index (χ2v) is 3.26. The van der Waals surface area contributed by atoms with Crippen molar-refractivity contribution < 1.29 is 4.42 Å². The summed E-state index contributed by atoms with van der Waals surface area (Å²) < 4.78 is 5.30. The smallest absolute Gasteiger partial charge is 0.247 e. The maximum Gasteiger partial charge on any atom is 0.247 e. The molecule has 1 aromatic heterocycles. The maximum absolute atomic E-state index is 5.71. The monoisotopic (exact) mass is 189 g/mol. The third-order valence-corrected chi connectivity index (χ3v) is 1.87. The van der Waals surface area contributed by atoms with Gasteiger partial charge in [-0.2, -0.15) is 0 Å². The van der Waals surface area contributed by atoms with Crippen LogP contribution in [0.4, 0.5) is 5.69 Å². The number of hydrogen-bond donors (Lipinski definition) is 1. The standard InChI is InChI=1S/C10H11N3O/c1-6-3-8(5-9(11)4-6)10-13-12-7(2)14-10/h3-5H,11H2,1-2H3. The SMILES string of the molecule is Cc1cc(N)cc(-c2nnc(C)o2)c1. The molecule has 14 heavy (non-hydrogen) atoms. The van der Waals surface area contributed by atoms with Crippen molar-refractivity contribution in [1.29, 1.82) is 0 Å². The molecule has 0 bridgehead atoms. The van der Waals surface area contributed by atoms with E-state index in [-0.39, 0.29) is 0 Å². The lowest BCUT2D eigenvalue weighted by Gasteiger charge is -1.99. The van der Waals surface area contributed by atoms with E-state index in [4.69, 9.17) is 10.2 Å². The molecule has 4 heteroatoms. The Bertz CT molecular complexity index is 442. The molecular formula is C10H11N3O. The molecule has 2 N–H and O–H groups in total. The highest BCUT2D eigenvalue weighted by Crippen LogP contribution is 2.21. The number of aryl methyl sites for hydroxylation is 2. The molecule has 0 unspecified atom stereocenters. The number of benzene rings is 1. The average molecular weight is 189 g/mol. The molecule has 0 atom stereocenters. The van der Waals surface area contributed by atoms with Gasteiger partial charge in [-0.15, -0.1) is 10.2 Å². The fourth-order valence-corrected chi connectivity index (χ4v) is 1.35. The first-order valence-electron chi connectivity index (χ1n) is 4.33. The van der Waals surface area contributed by atoms with Crippen molar-refractivity contribution in [2.45, 2.75) is 13.8 Å². The molecule has 2 aromatic rings. The van der Waals surface area contributed by atoms with Crippen LogP contribution in [-0.2, 0) is 0 Å². The highest BCUT2D eigenvalue weighted by molar-refractivity contribution is 5.61. The number of anilines is 1. The van der Waals surface area contributed by atoms with E-state index in [1.165, 1.54) is 0 Å². The molecule has 0 aliphatic carbocycles. The first-order chi connectivity index (χ1) is 6.65. The van der Waals surface area contributed by atoms with Crippen molar-refractivity contribution in [3.05, 3.63) is 29.7 Å². The predicted octanol–water partition coefficient (Wildman–Crippen LogP) is 1.94. The van der Waals surface area contributed by atoms with Gasteiger partial charge in [-0.1, -0.05) is 0 Å². The lowest BCUT2D eigenvalue weighted by atomic mass is 10.1. The van der Waals surface area contributed by atoms with E-state index in [2.05, 4.69) is 10.2 Å². The summed E-state index contributed by atoms with van der Waals surface area (Å²) in [5.74, 6) is 1.07. The summed E-state index contributed by atoms with van der Waals surface area (Å²) >= 11 is 0. The minimum absolute atomic E-state index is 0.512. The second kappa shape index (κ2) is 3.14. The minimum atomic E-state index is 0.512. The Labute approximate surface area is 81.8 Å². The zero-order chi connectivity index (χ0) is 10.1. The lowest BCUT2D eigenvalue weighted by Crippen LogP contribution is -1.87. The van der Waals surface area contributed by atoms with Crippen LogP contribution in [0.15, 0.2) is 22.6 Å². The minimum Gasteiger partial charge on any atom is -0.421 e. The molecular weight excluding hydrogens is 178 g/mol. The van der Waals surface area contributed by atoms with Crippen molar-refractivity contribution >= 4 is 5.69 Å². The molecule has 1 aromatic carbocycles. The lowest BCUT2D eigenvalue weighted by molar-refractivity contribution is 0.533. The first-order valence-corrected chi connectivity index (χ1v) is 4.33. The second-order valence-electron chi connectivity index (χ2n) is 3.26. The molecule has 0 amide bonds. The van der Waals surface area contributed by atoms with Crippen LogP contribution in [-0.4, -0.2) is 10.2 Å². The van der Waals surface area contributed by atoms with E-state index >= 15 is 0 Å². The summed E-state index contributed by atoms with van der Waals surface area (Å²) in [7, 11) is 0. The summed E-state index contributed by atoms with van der Waals surface area (Å²) in [4.78, 5) is 0. The molecule has 72 valence electrons. The van der Waals surface area contributed by atoms with Crippen LogP contribution in [0.25, 0.3) is 11.5 Å². The summed E-state index contributed by atoms with van der Waals surface area (Å²) in [6.45, 7) is 3.73. The van der Waals surface area contributed by atoms with Gasteiger partial charge in [-0.05, 0) is 30.7 Å². The maximum atomic E-state index is 5.71. The van der Waals surface area contributed by atoms with Crippen molar-refractivity contribution in [3.8, 4) is 11.5 Å². The van der Waals surface area contributed by atoms with Gasteiger partial charge in [-0.3, -0.25) is 0 Å². The Kier molecular flexibility index (Phi) is 1.96. The van der Waals surface area contributed by atoms with Crippen molar-refractivity contribution in [2.75, 3.05) is 5.73 Å². The highest BCUT2D eigenvalue weighted by atomic mass is 16.4. The van der Waals surface area contributed by atoms with E-state index < -0.39 is 0 Å². The van der Waals surface area contributed by atoms with Gasteiger partial charge in [0.25, 0.3) is 0 Å². The Morgan fingerprint density at radius 3 is 2.50 bits per heavy atom. The average Bonchev–Trinajstić information content (AvgIpc) is 2.50. The van der Waals surface area contributed by atoms with Crippen LogP contribution in [0.3, 0.4) is 0 Å². The van der Waals surface area contributed by atoms with Gasteiger partial charge >= 0.3 is 0 Å². The molecule has 0 aliphatic rings. The number of rotatable bonds is 1. The van der Waals surface area contributed by atoms with Gasteiger partial charge in [0.2, 0.25) is 11.8 Å². The molecule has 0 fully saturated rings. The summed E-state index contributed by atoms with van der Waals surface area (Å²) in [6.07, 6.45) is 0. The number of aromatic nitrogens is 2. The van der Waals surface area contributed by atoms with Crippen molar-refractivity contribution in [1.82, 2.24) is 10.2 Å². The normalized spacial score (nSPS) is 10.4. The van der Waals surface area contributed by atoms with Crippen LogP contribution < -0.4 is 5.73 Å². The molecule has 0 radical (unpaired) electrons. The molecule has 1 heterocycles. The third kappa shape index (κ3) is 1.59. The van der Waals surface area contributed by atoms with Crippen LogP contribution in [0, 0.1) is 13.8 Å². The Morgan fingerprint density at radius 1 is 1.14 bits per heavy atom. The van der Waals surface area contributed by atoms with Gasteiger partial charge in [0, 0.05) is 18.2 Å². The van der Waals surface area contributed by atoms with Gasteiger partial charge in [0.1, 0.15) is 0 Å². The highest BCUT2D eigenvalue weighted by Gasteiger charge is 2.06. The van der Waals surface area contributed by atoms with E-state index in [9.17, 15) is 0 Å². The van der Waals surface area contributed by atoms with Crippen LogP contribution in [0.2, 0.25) is 0 Å². The molecule has 2 rings (SSSR count). The first kappa shape index (κ1) is 8.74. The van der Waals surface area contributed by atoms with Gasteiger partial charge in [-0.25, -0.2) is 0 Å². The zero-order valence-electron chi connectivity index (χ0n) is 8.11. The van der Waals surface area contributed by atoms with Crippen molar-refractivity contribution in [3.63, 3.8) is 0 Å². The van der Waals surface area contributed by atoms with E-state index in [0.717, 1.165) is 11.1 Å². The molecule has 4 nitrogen and oxygen atoms in total. The summed E-state index contributed by atoms with van der Waals surface area (Å²) in [6, 6.07) is 5.68.